The predicted octanol–water partition coefficient (Wildman–Crippen LogP) is 3.23. The normalized spacial score (nSPS) is 15.0. The number of rotatable bonds is 8. The zero-order valence-electron chi connectivity index (χ0n) is 15.7. The van der Waals surface area contributed by atoms with Crippen molar-refractivity contribution in [3.05, 3.63) is 65.7 Å². The molecule has 1 aliphatic rings. The van der Waals surface area contributed by atoms with Crippen LogP contribution in [-0.2, 0) is 16.1 Å². The third-order valence-electron chi connectivity index (χ3n) is 4.73. The number of carbonyl (C=O) groups is 2. The molecule has 2 aromatic carbocycles. The molecule has 0 radical (unpaired) electrons. The smallest absolute Gasteiger partial charge is 0.339 e. The molecule has 0 spiro atoms. The van der Waals surface area contributed by atoms with Gasteiger partial charge in [0.25, 0.3) is 5.91 Å². The molecule has 0 heterocycles. The molecule has 0 aliphatic heterocycles. The quantitative estimate of drug-likeness (QED) is 0.713. The molecule has 1 N–H and O–H groups in total. The van der Waals surface area contributed by atoms with Gasteiger partial charge in [0.15, 0.2) is 6.61 Å². The van der Waals surface area contributed by atoms with Crippen molar-refractivity contribution in [3.8, 4) is 11.8 Å². The van der Waals surface area contributed by atoms with Crippen LogP contribution >= 0.6 is 0 Å². The number of hydrogen-bond acceptors (Lipinski definition) is 5. The third kappa shape index (κ3) is 4.89. The highest BCUT2D eigenvalue weighted by Gasteiger charge is 2.43. The number of para-hydroxylation sites is 1. The standard InChI is InChI=1S/C22H22N2O4/c1-22(15-23,17-11-12-17)24-20(25)14-28-21(26)19-10-6-5-7-16(19)13-27-18-8-3-2-4-9-18/h2-10,17H,11-14H2,1H3,(H,24,25)/t22-/m0/s1. The van der Waals surface area contributed by atoms with E-state index in [1.54, 1.807) is 31.2 Å². The van der Waals surface area contributed by atoms with Crippen molar-refractivity contribution >= 4 is 11.9 Å². The molecular formula is C22H22N2O4. The second-order valence-electron chi connectivity index (χ2n) is 6.97. The van der Waals surface area contributed by atoms with Gasteiger partial charge in [-0.25, -0.2) is 4.79 Å². The number of ether oxygens (including phenoxy) is 2. The van der Waals surface area contributed by atoms with Crippen molar-refractivity contribution in [2.24, 2.45) is 5.92 Å². The van der Waals surface area contributed by atoms with Crippen molar-refractivity contribution in [3.63, 3.8) is 0 Å². The van der Waals surface area contributed by atoms with E-state index in [0.717, 1.165) is 12.8 Å². The van der Waals surface area contributed by atoms with Crippen LogP contribution in [0.15, 0.2) is 54.6 Å². The SMILES string of the molecule is C[C@@](C#N)(NC(=O)COC(=O)c1ccccc1COc1ccccc1)C1CC1. The Balaban J connectivity index is 1.57. The number of hydrogen-bond donors (Lipinski definition) is 1. The average molecular weight is 378 g/mol. The van der Waals surface area contributed by atoms with E-state index in [1.165, 1.54) is 0 Å². The highest BCUT2D eigenvalue weighted by Crippen LogP contribution is 2.39. The van der Waals surface area contributed by atoms with Crippen LogP contribution in [0.5, 0.6) is 5.75 Å². The van der Waals surface area contributed by atoms with Gasteiger partial charge in [0.1, 0.15) is 17.9 Å². The van der Waals surface area contributed by atoms with Gasteiger partial charge in [-0.05, 0) is 43.9 Å². The average Bonchev–Trinajstić information content (AvgIpc) is 3.57. The number of amides is 1. The van der Waals surface area contributed by atoms with E-state index in [0.29, 0.717) is 16.9 Å². The number of esters is 1. The Hall–Kier alpha value is -3.33. The van der Waals surface area contributed by atoms with Crippen molar-refractivity contribution in [2.75, 3.05) is 6.61 Å². The summed E-state index contributed by atoms with van der Waals surface area (Å²) >= 11 is 0. The van der Waals surface area contributed by atoms with Crippen LogP contribution in [0, 0.1) is 17.2 Å². The molecule has 1 amide bonds. The van der Waals surface area contributed by atoms with E-state index in [1.807, 2.05) is 30.3 Å². The van der Waals surface area contributed by atoms with Crippen molar-refractivity contribution < 1.29 is 19.1 Å². The van der Waals surface area contributed by atoms with E-state index in [4.69, 9.17) is 9.47 Å². The minimum absolute atomic E-state index is 0.160. The van der Waals surface area contributed by atoms with Crippen LogP contribution in [-0.4, -0.2) is 24.0 Å². The number of carbonyl (C=O) groups excluding carboxylic acids is 2. The summed E-state index contributed by atoms with van der Waals surface area (Å²) in [5, 5.41) is 12.0. The zero-order chi connectivity index (χ0) is 20.0. The van der Waals surface area contributed by atoms with Gasteiger partial charge >= 0.3 is 5.97 Å². The second-order valence-corrected chi connectivity index (χ2v) is 6.97. The molecule has 1 saturated carbocycles. The van der Waals surface area contributed by atoms with Crippen LogP contribution in [0.4, 0.5) is 0 Å². The number of nitriles is 1. The van der Waals surface area contributed by atoms with Gasteiger partial charge in [0.2, 0.25) is 0 Å². The Morgan fingerprint density at radius 1 is 1.14 bits per heavy atom. The van der Waals surface area contributed by atoms with Crippen LogP contribution in [0.3, 0.4) is 0 Å². The van der Waals surface area contributed by atoms with Crippen LogP contribution in [0.25, 0.3) is 0 Å². The van der Waals surface area contributed by atoms with E-state index < -0.39 is 24.0 Å². The highest BCUT2D eigenvalue weighted by molar-refractivity contribution is 5.92. The van der Waals surface area contributed by atoms with E-state index in [9.17, 15) is 14.9 Å². The summed E-state index contributed by atoms with van der Waals surface area (Å²) in [7, 11) is 0. The van der Waals surface area contributed by atoms with Crippen molar-refractivity contribution in [2.45, 2.75) is 31.9 Å². The Labute approximate surface area is 164 Å². The molecule has 1 aliphatic carbocycles. The molecule has 3 rings (SSSR count). The molecular weight excluding hydrogens is 356 g/mol. The molecule has 0 aromatic heterocycles. The lowest BCUT2D eigenvalue weighted by Gasteiger charge is -2.22. The van der Waals surface area contributed by atoms with Crippen molar-refractivity contribution in [1.29, 1.82) is 5.26 Å². The largest absolute Gasteiger partial charge is 0.489 e. The molecule has 0 bridgehead atoms. The molecule has 144 valence electrons. The molecule has 1 atom stereocenters. The Morgan fingerprint density at radius 2 is 1.82 bits per heavy atom. The Bertz CT molecular complexity index is 887. The maximum Gasteiger partial charge on any atom is 0.339 e. The van der Waals surface area contributed by atoms with Gasteiger partial charge in [-0.2, -0.15) is 5.26 Å². The molecule has 1 fully saturated rings. The predicted molar refractivity (Wildman–Crippen MR) is 102 cm³/mol. The number of nitrogens with one attached hydrogen (secondary N) is 1. The number of nitrogens with zero attached hydrogens (tertiary/aromatic N) is 1. The Kier molecular flexibility index (Phi) is 5.95. The second kappa shape index (κ2) is 8.57. The van der Waals surface area contributed by atoms with Gasteiger partial charge in [-0.1, -0.05) is 36.4 Å². The third-order valence-corrected chi connectivity index (χ3v) is 4.73. The number of benzene rings is 2. The lowest BCUT2D eigenvalue weighted by Crippen LogP contribution is -2.48. The molecule has 6 nitrogen and oxygen atoms in total. The van der Waals surface area contributed by atoms with Crippen LogP contribution < -0.4 is 10.1 Å². The molecule has 2 aromatic rings. The van der Waals surface area contributed by atoms with E-state index in [-0.39, 0.29) is 12.5 Å². The minimum Gasteiger partial charge on any atom is -0.489 e. The first-order chi connectivity index (χ1) is 13.5. The van der Waals surface area contributed by atoms with Crippen LogP contribution in [0.1, 0.15) is 35.7 Å². The topological polar surface area (TPSA) is 88.4 Å². The summed E-state index contributed by atoms with van der Waals surface area (Å²) in [6.45, 7) is 1.47. The molecule has 0 saturated heterocycles. The summed E-state index contributed by atoms with van der Waals surface area (Å²) in [5.41, 5.74) is 0.0957. The van der Waals surface area contributed by atoms with E-state index >= 15 is 0 Å². The first-order valence-corrected chi connectivity index (χ1v) is 9.17. The zero-order valence-corrected chi connectivity index (χ0v) is 15.7. The molecule has 6 heteroatoms. The van der Waals surface area contributed by atoms with Gasteiger partial charge in [-0.15, -0.1) is 0 Å². The summed E-state index contributed by atoms with van der Waals surface area (Å²) in [4.78, 5) is 24.6. The first-order valence-electron chi connectivity index (χ1n) is 9.17. The lowest BCUT2D eigenvalue weighted by atomic mass is 9.98. The summed E-state index contributed by atoms with van der Waals surface area (Å²) < 4.78 is 10.9. The fourth-order valence-electron chi connectivity index (χ4n) is 2.94. The molecule has 28 heavy (non-hydrogen) atoms. The maximum absolute atomic E-state index is 12.4. The lowest BCUT2D eigenvalue weighted by molar-refractivity contribution is -0.125. The minimum atomic E-state index is -0.912. The summed E-state index contributed by atoms with van der Waals surface area (Å²) in [6.07, 6.45) is 1.83. The fraction of sp³-hybridized carbons (Fsp3) is 0.318. The highest BCUT2D eigenvalue weighted by atomic mass is 16.5. The summed E-state index contributed by atoms with van der Waals surface area (Å²) in [5.74, 6) is -0.233. The van der Waals surface area contributed by atoms with Gasteiger partial charge < -0.3 is 14.8 Å². The fourth-order valence-corrected chi connectivity index (χ4v) is 2.94. The van der Waals surface area contributed by atoms with Crippen LogP contribution in [0.2, 0.25) is 0 Å². The maximum atomic E-state index is 12.4. The van der Waals surface area contributed by atoms with Gasteiger partial charge in [0.05, 0.1) is 11.6 Å². The first kappa shape index (κ1) is 19.4. The molecule has 0 unspecified atom stereocenters. The van der Waals surface area contributed by atoms with Gasteiger partial charge in [-0.3, -0.25) is 4.79 Å². The Morgan fingerprint density at radius 3 is 2.50 bits per heavy atom. The van der Waals surface area contributed by atoms with E-state index in [2.05, 4.69) is 11.4 Å². The van der Waals surface area contributed by atoms with Crippen molar-refractivity contribution in [1.82, 2.24) is 5.32 Å². The van der Waals surface area contributed by atoms with Gasteiger partial charge in [0, 0.05) is 5.56 Å². The summed E-state index contributed by atoms with van der Waals surface area (Å²) in [6, 6.07) is 18.4. The monoisotopic (exact) mass is 378 g/mol.